The maximum Gasteiger partial charge on any atom is 0.295 e. The molecule has 1 aliphatic heterocycles. The molecule has 31 heavy (non-hydrogen) atoms. The van der Waals surface area contributed by atoms with E-state index in [-0.39, 0.29) is 17.9 Å². The van der Waals surface area contributed by atoms with Gasteiger partial charge in [0, 0.05) is 17.1 Å². The highest BCUT2D eigenvalue weighted by Crippen LogP contribution is 2.41. The van der Waals surface area contributed by atoms with E-state index >= 15 is 0 Å². The summed E-state index contributed by atoms with van der Waals surface area (Å²) < 4.78 is 0. The van der Waals surface area contributed by atoms with Crippen LogP contribution in [0.1, 0.15) is 33.9 Å². The van der Waals surface area contributed by atoms with Crippen LogP contribution in [-0.2, 0) is 16.1 Å². The minimum Gasteiger partial charge on any atom is -0.507 e. The van der Waals surface area contributed by atoms with Crippen LogP contribution in [0.3, 0.4) is 0 Å². The molecule has 0 saturated carbocycles. The molecule has 1 unspecified atom stereocenters. The first kappa shape index (κ1) is 20.9. The summed E-state index contributed by atoms with van der Waals surface area (Å²) in [6.45, 7) is 4.02. The van der Waals surface area contributed by atoms with E-state index in [2.05, 4.69) is 0 Å². The zero-order valence-electron chi connectivity index (χ0n) is 17.3. The predicted molar refractivity (Wildman–Crippen MR) is 122 cm³/mol. The van der Waals surface area contributed by atoms with Gasteiger partial charge >= 0.3 is 0 Å². The zero-order valence-corrected chi connectivity index (χ0v) is 18.1. The first-order valence-corrected chi connectivity index (χ1v) is 10.4. The van der Waals surface area contributed by atoms with E-state index in [0.29, 0.717) is 16.1 Å². The third kappa shape index (κ3) is 3.99. The van der Waals surface area contributed by atoms with Gasteiger partial charge in [0.1, 0.15) is 5.76 Å². The second-order valence-corrected chi connectivity index (χ2v) is 8.22. The molecule has 4 nitrogen and oxygen atoms in total. The van der Waals surface area contributed by atoms with Gasteiger partial charge in [0.05, 0.1) is 11.6 Å². The standard InChI is InChI=1S/C26H22ClNO3/c1-16-11-12-17(2)21(13-16)24(29)22-23(19-9-6-10-20(27)14-19)28(26(31)25(22)30)15-18-7-4-3-5-8-18/h3-14,23,29H,15H2,1-2H3. The number of benzene rings is 3. The predicted octanol–water partition coefficient (Wildman–Crippen LogP) is 5.58. The van der Waals surface area contributed by atoms with E-state index in [9.17, 15) is 14.7 Å². The molecule has 1 N–H and O–H groups in total. The number of aliphatic hydroxyl groups is 1. The SMILES string of the molecule is Cc1ccc(C)c(C(O)=C2C(=O)C(=O)N(Cc3ccccc3)C2c2cccc(Cl)c2)c1. The van der Waals surface area contributed by atoms with Crippen LogP contribution in [0.5, 0.6) is 0 Å². The topological polar surface area (TPSA) is 57.6 Å². The molecular weight excluding hydrogens is 410 g/mol. The quantitative estimate of drug-likeness (QED) is 0.333. The second-order valence-electron chi connectivity index (χ2n) is 7.79. The lowest BCUT2D eigenvalue weighted by Crippen LogP contribution is -2.29. The fraction of sp³-hybridized carbons (Fsp3) is 0.154. The molecule has 1 fully saturated rings. The second kappa shape index (κ2) is 8.40. The van der Waals surface area contributed by atoms with Crippen LogP contribution < -0.4 is 0 Å². The summed E-state index contributed by atoms with van der Waals surface area (Å²) in [6, 6.07) is 21.4. The molecule has 1 saturated heterocycles. The Kier molecular flexibility index (Phi) is 5.66. The van der Waals surface area contributed by atoms with Gasteiger partial charge < -0.3 is 10.0 Å². The lowest BCUT2D eigenvalue weighted by Gasteiger charge is -2.25. The Morgan fingerprint density at radius 1 is 0.968 bits per heavy atom. The Balaban J connectivity index is 1.91. The smallest absolute Gasteiger partial charge is 0.295 e. The van der Waals surface area contributed by atoms with E-state index in [0.717, 1.165) is 16.7 Å². The van der Waals surface area contributed by atoms with E-state index in [1.807, 2.05) is 68.4 Å². The Morgan fingerprint density at radius 3 is 2.42 bits per heavy atom. The van der Waals surface area contributed by atoms with Gasteiger partial charge in [-0.25, -0.2) is 0 Å². The van der Waals surface area contributed by atoms with Crippen molar-refractivity contribution < 1.29 is 14.7 Å². The van der Waals surface area contributed by atoms with Gasteiger partial charge in [-0.3, -0.25) is 9.59 Å². The number of amides is 1. The molecule has 3 aromatic rings. The number of hydrogen-bond acceptors (Lipinski definition) is 3. The molecule has 3 aromatic carbocycles. The highest BCUT2D eigenvalue weighted by Gasteiger charge is 2.46. The Morgan fingerprint density at radius 2 is 1.71 bits per heavy atom. The van der Waals surface area contributed by atoms with Gasteiger partial charge in [0.25, 0.3) is 11.7 Å². The van der Waals surface area contributed by atoms with Crippen LogP contribution in [0, 0.1) is 13.8 Å². The van der Waals surface area contributed by atoms with Crippen molar-refractivity contribution in [2.45, 2.75) is 26.4 Å². The molecule has 1 atom stereocenters. The lowest BCUT2D eigenvalue weighted by molar-refractivity contribution is -0.140. The van der Waals surface area contributed by atoms with Crippen LogP contribution in [0.15, 0.2) is 78.4 Å². The first-order chi connectivity index (χ1) is 14.9. The molecule has 1 heterocycles. The fourth-order valence-corrected chi connectivity index (χ4v) is 4.18. The summed E-state index contributed by atoms with van der Waals surface area (Å²) in [5.41, 5.74) is 3.96. The molecule has 0 aliphatic carbocycles. The normalized spacial score (nSPS) is 17.9. The highest BCUT2D eigenvalue weighted by molar-refractivity contribution is 6.46. The summed E-state index contributed by atoms with van der Waals surface area (Å²) in [4.78, 5) is 27.7. The maximum atomic E-state index is 13.1. The van der Waals surface area contributed by atoms with Crippen molar-refractivity contribution in [3.8, 4) is 0 Å². The summed E-state index contributed by atoms with van der Waals surface area (Å²) in [7, 11) is 0. The summed E-state index contributed by atoms with van der Waals surface area (Å²) in [5.74, 6) is -1.50. The van der Waals surface area contributed by atoms with Gasteiger partial charge in [-0.1, -0.05) is 71.8 Å². The number of nitrogens with zero attached hydrogens (tertiary/aromatic N) is 1. The van der Waals surface area contributed by atoms with Crippen molar-refractivity contribution in [2.24, 2.45) is 0 Å². The number of carbonyl (C=O) groups excluding carboxylic acids is 2. The summed E-state index contributed by atoms with van der Waals surface area (Å²) in [6.07, 6.45) is 0. The van der Waals surface area contributed by atoms with Gasteiger partial charge in [-0.05, 0) is 48.7 Å². The first-order valence-electron chi connectivity index (χ1n) is 10.0. The van der Waals surface area contributed by atoms with E-state index in [1.54, 1.807) is 18.2 Å². The van der Waals surface area contributed by atoms with E-state index < -0.39 is 17.7 Å². The van der Waals surface area contributed by atoms with Crippen molar-refractivity contribution in [3.63, 3.8) is 0 Å². The summed E-state index contributed by atoms with van der Waals surface area (Å²) in [5, 5.41) is 11.7. The molecule has 4 rings (SSSR count). The van der Waals surface area contributed by atoms with Crippen LogP contribution >= 0.6 is 11.6 Å². The van der Waals surface area contributed by atoms with Gasteiger partial charge in [-0.15, -0.1) is 0 Å². The fourth-order valence-electron chi connectivity index (χ4n) is 3.98. The zero-order chi connectivity index (χ0) is 22.1. The molecule has 0 radical (unpaired) electrons. The molecule has 0 aromatic heterocycles. The number of hydrogen-bond donors (Lipinski definition) is 1. The van der Waals surface area contributed by atoms with Crippen LogP contribution in [0.4, 0.5) is 0 Å². The van der Waals surface area contributed by atoms with Crippen molar-refractivity contribution in [3.05, 3.63) is 111 Å². The number of Topliss-reactive ketones (excluding diaryl/α,β-unsaturated/α-hetero) is 1. The molecule has 5 heteroatoms. The molecule has 1 aliphatic rings. The van der Waals surface area contributed by atoms with Crippen molar-refractivity contribution in [1.29, 1.82) is 0 Å². The minimum absolute atomic E-state index is 0.0805. The van der Waals surface area contributed by atoms with E-state index in [1.165, 1.54) is 4.90 Å². The highest BCUT2D eigenvalue weighted by atomic mass is 35.5. The Hall–Kier alpha value is -3.37. The average Bonchev–Trinajstić information content (AvgIpc) is 3.00. The number of aliphatic hydroxyl groups excluding tert-OH is 1. The van der Waals surface area contributed by atoms with Gasteiger partial charge in [0.15, 0.2) is 0 Å². The molecule has 0 bridgehead atoms. The molecule has 1 amide bonds. The Bertz CT molecular complexity index is 1200. The Labute approximate surface area is 186 Å². The lowest BCUT2D eigenvalue weighted by atomic mass is 9.93. The van der Waals surface area contributed by atoms with Crippen molar-refractivity contribution in [2.75, 3.05) is 0 Å². The van der Waals surface area contributed by atoms with E-state index in [4.69, 9.17) is 11.6 Å². The number of rotatable bonds is 4. The van der Waals surface area contributed by atoms with Crippen LogP contribution in [-0.4, -0.2) is 21.7 Å². The summed E-state index contributed by atoms with van der Waals surface area (Å²) >= 11 is 6.23. The number of halogens is 1. The van der Waals surface area contributed by atoms with Gasteiger partial charge in [-0.2, -0.15) is 0 Å². The number of likely N-dealkylation sites (tertiary alicyclic amines) is 1. The maximum absolute atomic E-state index is 13.1. The van der Waals surface area contributed by atoms with Crippen molar-refractivity contribution >= 4 is 29.1 Å². The average molecular weight is 432 g/mol. The van der Waals surface area contributed by atoms with Gasteiger partial charge in [0.2, 0.25) is 0 Å². The number of carbonyl (C=O) groups is 2. The van der Waals surface area contributed by atoms with Crippen LogP contribution in [0.2, 0.25) is 5.02 Å². The molecule has 0 spiro atoms. The third-order valence-electron chi connectivity index (χ3n) is 5.55. The largest absolute Gasteiger partial charge is 0.507 e. The monoisotopic (exact) mass is 431 g/mol. The minimum atomic E-state index is -0.737. The van der Waals surface area contributed by atoms with Crippen molar-refractivity contribution in [1.82, 2.24) is 4.90 Å². The molecular formula is C26H22ClNO3. The van der Waals surface area contributed by atoms with Crippen LogP contribution in [0.25, 0.3) is 5.76 Å². The molecule has 156 valence electrons. The third-order valence-corrected chi connectivity index (χ3v) is 5.78. The number of aryl methyl sites for hydroxylation is 2. The number of ketones is 1.